The number of aromatic nitrogens is 2. The maximum atomic E-state index is 13.3. The zero-order valence-electron chi connectivity index (χ0n) is 17.0. The Bertz CT molecular complexity index is 1150. The van der Waals surface area contributed by atoms with Crippen molar-refractivity contribution in [2.24, 2.45) is 5.11 Å². The van der Waals surface area contributed by atoms with E-state index in [4.69, 9.17) is 4.98 Å². The molecule has 0 radical (unpaired) electrons. The molecule has 1 atom stereocenters. The molecule has 1 aliphatic heterocycles. The Morgan fingerprint density at radius 1 is 1.07 bits per heavy atom. The van der Waals surface area contributed by atoms with E-state index in [0.29, 0.717) is 6.42 Å². The zero-order chi connectivity index (χ0) is 20.0. The number of Topliss-reactive ketones (excluding diaryl/α,β-unsaturated/α-hetero) is 1. The summed E-state index contributed by atoms with van der Waals surface area (Å²) >= 11 is 0. The van der Waals surface area contributed by atoms with Gasteiger partial charge in [0.25, 0.3) is 0 Å². The van der Waals surface area contributed by atoms with Crippen molar-refractivity contribution in [3.05, 3.63) is 70.7 Å². The number of carbonyl (C=O) groups is 1. The van der Waals surface area contributed by atoms with Crippen molar-refractivity contribution in [3.63, 3.8) is 0 Å². The Balaban J connectivity index is 1.83. The molecule has 1 aromatic carbocycles. The number of aryl methyl sites for hydroxylation is 2. The molecule has 2 aromatic heterocycles. The minimum atomic E-state index is -0.110. The van der Waals surface area contributed by atoms with E-state index in [-0.39, 0.29) is 11.8 Å². The number of hydrogen-bond donors (Lipinski definition) is 0. The molecule has 5 heteroatoms. The van der Waals surface area contributed by atoms with E-state index in [0.717, 1.165) is 39.4 Å². The molecule has 0 N–H and O–H groups in total. The maximum Gasteiger partial charge on any atom is 0.213 e. The van der Waals surface area contributed by atoms with Crippen molar-refractivity contribution in [1.29, 1.82) is 0 Å². The predicted molar refractivity (Wildman–Crippen MR) is 110 cm³/mol. The summed E-state index contributed by atoms with van der Waals surface area (Å²) in [5.41, 5.74) is 7.74. The number of pyridine rings is 1. The molecule has 0 aliphatic carbocycles. The minimum Gasteiger partial charge on any atom is -0.303 e. The molecule has 1 unspecified atom stereocenters. The van der Waals surface area contributed by atoms with Gasteiger partial charge in [0.05, 0.1) is 23.4 Å². The van der Waals surface area contributed by atoms with Crippen molar-refractivity contribution in [2.75, 3.05) is 7.05 Å². The molecule has 0 saturated carbocycles. The average Bonchev–Trinajstić information content (AvgIpc) is 3.12. The van der Waals surface area contributed by atoms with Crippen molar-refractivity contribution in [2.45, 2.75) is 40.2 Å². The third-order valence-corrected chi connectivity index (χ3v) is 5.46. The summed E-state index contributed by atoms with van der Waals surface area (Å²) in [7, 11) is 1.89. The van der Waals surface area contributed by atoms with Gasteiger partial charge in [0.1, 0.15) is 11.7 Å². The molecule has 0 fully saturated rings. The largest absolute Gasteiger partial charge is 0.303 e. The lowest BCUT2D eigenvalue weighted by atomic mass is 9.98. The summed E-state index contributed by atoms with van der Waals surface area (Å²) in [6.45, 7) is 8.05. The third kappa shape index (κ3) is 3.07. The summed E-state index contributed by atoms with van der Waals surface area (Å²) in [6, 6.07) is 12.2. The van der Waals surface area contributed by atoms with E-state index in [9.17, 15) is 4.79 Å². The lowest BCUT2D eigenvalue weighted by molar-refractivity contribution is -0.512. The van der Waals surface area contributed by atoms with E-state index >= 15 is 0 Å². The van der Waals surface area contributed by atoms with Crippen LogP contribution in [0.15, 0.2) is 59.0 Å². The van der Waals surface area contributed by atoms with Crippen LogP contribution >= 0.6 is 0 Å². The molecule has 28 heavy (non-hydrogen) atoms. The quantitative estimate of drug-likeness (QED) is 0.632. The zero-order valence-corrected chi connectivity index (χ0v) is 17.0. The third-order valence-electron chi connectivity index (χ3n) is 5.46. The van der Waals surface area contributed by atoms with Gasteiger partial charge in [-0.1, -0.05) is 40.6 Å². The van der Waals surface area contributed by atoms with Crippen LogP contribution in [-0.2, 0) is 11.2 Å². The van der Waals surface area contributed by atoms with Crippen LogP contribution in [0, 0.1) is 13.8 Å². The smallest absolute Gasteiger partial charge is 0.213 e. The standard InChI is InChI=1S/C23H25N4O/c1-14-6-9-18(10-7-14)23-19(27-13-15(2)8-11-21(27)24-23)12-20(28)22-16(3)25-26(5)17(22)4/h6-11,13,16H,12H2,1-5H3/q+1. The van der Waals surface area contributed by atoms with Crippen LogP contribution < -0.4 is 0 Å². The number of rotatable bonds is 4. The fraction of sp³-hybridized carbons (Fsp3) is 0.304. The van der Waals surface area contributed by atoms with Gasteiger partial charge in [0, 0.05) is 18.7 Å². The van der Waals surface area contributed by atoms with Gasteiger partial charge in [-0.2, -0.15) is 0 Å². The SMILES string of the molecule is CC1=C(C(=O)Cc2c(-c3ccc(C)cc3)nc3ccc(C)cn23)C(C)N=[N+]1C. The summed E-state index contributed by atoms with van der Waals surface area (Å²) in [5.74, 6) is 0.106. The van der Waals surface area contributed by atoms with E-state index < -0.39 is 0 Å². The van der Waals surface area contributed by atoms with Crippen molar-refractivity contribution < 1.29 is 9.49 Å². The van der Waals surface area contributed by atoms with Gasteiger partial charge in [-0.05, 0) is 37.5 Å². The second-order valence-electron chi connectivity index (χ2n) is 7.62. The average molecular weight is 373 g/mol. The second-order valence-corrected chi connectivity index (χ2v) is 7.62. The molecular formula is C23H25N4O+. The van der Waals surface area contributed by atoms with Crippen molar-refractivity contribution in [1.82, 2.24) is 9.38 Å². The van der Waals surface area contributed by atoms with Crippen LogP contribution in [0.4, 0.5) is 0 Å². The molecule has 0 bridgehead atoms. The van der Waals surface area contributed by atoms with Crippen molar-refractivity contribution in [3.8, 4) is 11.3 Å². The fourth-order valence-corrected chi connectivity index (χ4v) is 3.87. The van der Waals surface area contributed by atoms with Gasteiger partial charge < -0.3 is 4.40 Å². The van der Waals surface area contributed by atoms with Crippen LogP contribution in [0.3, 0.4) is 0 Å². The van der Waals surface area contributed by atoms with E-state index in [2.05, 4.69) is 53.8 Å². The van der Waals surface area contributed by atoms with Crippen LogP contribution in [-0.4, -0.2) is 33.0 Å². The first-order valence-corrected chi connectivity index (χ1v) is 9.58. The van der Waals surface area contributed by atoms with Crippen molar-refractivity contribution >= 4 is 11.4 Å². The van der Waals surface area contributed by atoms with Gasteiger partial charge in [-0.25, -0.2) is 4.98 Å². The molecule has 0 spiro atoms. The molecule has 1 aliphatic rings. The predicted octanol–water partition coefficient (Wildman–Crippen LogP) is 4.50. The van der Waals surface area contributed by atoms with Crippen LogP contribution in [0.5, 0.6) is 0 Å². The molecule has 5 nitrogen and oxygen atoms in total. The number of allylic oxidation sites excluding steroid dienone is 1. The van der Waals surface area contributed by atoms with Gasteiger partial charge >= 0.3 is 0 Å². The minimum absolute atomic E-state index is 0.106. The first-order valence-electron chi connectivity index (χ1n) is 9.58. The molecule has 4 rings (SSSR count). The topological polar surface area (TPSA) is 49.7 Å². The highest BCUT2D eigenvalue weighted by Crippen LogP contribution is 2.28. The summed E-state index contributed by atoms with van der Waals surface area (Å²) in [4.78, 5) is 18.1. The molecule has 0 amide bonds. The number of ketones is 1. The number of hydrogen-bond acceptors (Lipinski definition) is 3. The highest BCUT2D eigenvalue weighted by atomic mass is 16.1. The lowest BCUT2D eigenvalue weighted by Gasteiger charge is -2.08. The first kappa shape index (κ1) is 18.3. The Hall–Kier alpha value is -3.08. The van der Waals surface area contributed by atoms with Crippen LogP contribution in [0.25, 0.3) is 16.9 Å². The first-order chi connectivity index (χ1) is 13.3. The van der Waals surface area contributed by atoms with Gasteiger partial charge in [0.15, 0.2) is 12.8 Å². The molecule has 142 valence electrons. The summed E-state index contributed by atoms with van der Waals surface area (Å²) in [6.07, 6.45) is 2.35. The Kier molecular flexibility index (Phi) is 4.46. The molecule has 3 heterocycles. The van der Waals surface area contributed by atoms with E-state index in [1.807, 2.05) is 33.0 Å². The van der Waals surface area contributed by atoms with Crippen LogP contribution in [0.1, 0.15) is 30.7 Å². The normalized spacial score (nSPS) is 16.8. The number of azo groups is 2. The summed E-state index contributed by atoms with van der Waals surface area (Å²) < 4.78 is 3.86. The highest BCUT2D eigenvalue weighted by molar-refractivity contribution is 5.99. The molecule has 3 aromatic rings. The maximum absolute atomic E-state index is 13.3. The Morgan fingerprint density at radius 2 is 1.75 bits per heavy atom. The number of fused-ring (bicyclic) bond motifs is 1. The highest BCUT2D eigenvalue weighted by Gasteiger charge is 2.33. The number of benzene rings is 1. The molecular weight excluding hydrogens is 348 g/mol. The number of nitrogens with zero attached hydrogens (tertiary/aromatic N) is 4. The Labute approximate surface area is 165 Å². The summed E-state index contributed by atoms with van der Waals surface area (Å²) in [5, 5.41) is 4.48. The van der Waals surface area contributed by atoms with E-state index in [1.54, 1.807) is 4.70 Å². The van der Waals surface area contributed by atoms with Gasteiger partial charge in [0.2, 0.25) is 5.70 Å². The van der Waals surface area contributed by atoms with Gasteiger partial charge in [-0.3, -0.25) is 4.79 Å². The monoisotopic (exact) mass is 373 g/mol. The number of imidazole rings is 1. The van der Waals surface area contributed by atoms with Gasteiger partial charge in [-0.15, -0.1) is 0 Å². The molecule has 0 saturated heterocycles. The number of carbonyl (C=O) groups excluding carboxylic acids is 1. The Morgan fingerprint density at radius 3 is 2.39 bits per heavy atom. The lowest BCUT2D eigenvalue weighted by Crippen LogP contribution is -2.16. The van der Waals surface area contributed by atoms with E-state index in [1.165, 1.54) is 5.56 Å². The second kappa shape index (κ2) is 6.82. The van der Waals surface area contributed by atoms with Crippen LogP contribution in [0.2, 0.25) is 0 Å². The fourth-order valence-electron chi connectivity index (χ4n) is 3.87.